The first-order valence-electron chi connectivity index (χ1n) is 8.34. The van der Waals surface area contributed by atoms with E-state index in [1.807, 2.05) is 60.9 Å². The Morgan fingerprint density at radius 2 is 1.75 bits per heavy atom. The zero-order chi connectivity index (χ0) is 17.2. The summed E-state index contributed by atoms with van der Waals surface area (Å²) in [5.74, 6) is 0.807. The van der Waals surface area contributed by atoms with Crippen LogP contribution in [0, 0.1) is 5.41 Å². The van der Waals surface area contributed by atoms with E-state index in [-0.39, 0.29) is 11.3 Å². The largest absolute Gasteiger partial charge is 0.408 e. The van der Waals surface area contributed by atoms with Gasteiger partial charge in [-0.05, 0) is 5.56 Å². The lowest BCUT2D eigenvalue weighted by atomic mass is 9.94. The van der Waals surface area contributed by atoms with Gasteiger partial charge in [-0.1, -0.05) is 56.2 Å². The summed E-state index contributed by atoms with van der Waals surface area (Å²) in [5, 5.41) is 8.30. The van der Waals surface area contributed by atoms with Crippen molar-refractivity contribution in [3.63, 3.8) is 0 Å². The van der Waals surface area contributed by atoms with Crippen molar-refractivity contribution >= 4 is 11.9 Å². The van der Waals surface area contributed by atoms with Gasteiger partial charge in [0.2, 0.25) is 11.8 Å². The topological polar surface area (TPSA) is 62.5 Å². The zero-order valence-corrected chi connectivity index (χ0v) is 14.5. The summed E-state index contributed by atoms with van der Waals surface area (Å²) in [5.41, 5.74) is 0.809. The molecule has 1 amide bonds. The number of amides is 1. The molecule has 6 heteroatoms. The Morgan fingerprint density at radius 1 is 1.08 bits per heavy atom. The van der Waals surface area contributed by atoms with E-state index >= 15 is 0 Å². The third-order valence-electron chi connectivity index (χ3n) is 4.13. The molecular formula is C18H24N4O2. The van der Waals surface area contributed by atoms with Crippen molar-refractivity contribution in [2.24, 2.45) is 5.41 Å². The van der Waals surface area contributed by atoms with Crippen LogP contribution in [0.2, 0.25) is 0 Å². The predicted molar refractivity (Wildman–Crippen MR) is 91.8 cm³/mol. The molecule has 0 radical (unpaired) electrons. The molecule has 1 aromatic carbocycles. The second kappa shape index (κ2) is 6.63. The second-order valence-electron chi connectivity index (χ2n) is 7.17. The van der Waals surface area contributed by atoms with Gasteiger partial charge in [0.05, 0.1) is 6.42 Å². The number of hydrogen-bond acceptors (Lipinski definition) is 5. The van der Waals surface area contributed by atoms with Gasteiger partial charge in [0.15, 0.2) is 0 Å². The number of aromatic nitrogens is 2. The first-order valence-corrected chi connectivity index (χ1v) is 8.34. The minimum Gasteiger partial charge on any atom is -0.408 e. The molecule has 128 valence electrons. The fourth-order valence-electron chi connectivity index (χ4n) is 2.79. The first kappa shape index (κ1) is 16.5. The van der Waals surface area contributed by atoms with Crippen LogP contribution in [0.5, 0.6) is 0 Å². The summed E-state index contributed by atoms with van der Waals surface area (Å²) < 4.78 is 5.79. The van der Waals surface area contributed by atoms with Crippen LogP contribution in [0.4, 0.5) is 6.01 Å². The van der Waals surface area contributed by atoms with Gasteiger partial charge in [0.1, 0.15) is 0 Å². The summed E-state index contributed by atoms with van der Waals surface area (Å²) >= 11 is 0. The number of nitrogens with zero attached hydrogens (tertiary/aromatic N) is 4. The number of carbonyl (C=O) groups is 1. The van der Waals surface area contributed by atoms with E-state index in [2.05, 4.69) is 10.2 Å². The molecule has 6 nitrogen and oxygen atoms in total. The van der Waals surface area contributed by atoms with Gasteiger partial charge in [0, 0.05) is 31.6 Å². The van der Waals surface area contributed by atoms with Gasteiger partial charge in [-0.3, -0.25) is 4.79 Å². The predicted octanol–water partition coefficient (Wildman–Crippen LogP) is 2.36. The van der Waals surface area contributed by atoms with Crippen molar-refractivity contribution in [1.82, 2.24) is 15.1 Å². The van der Waals surface area contributed by atoms with Gasteiger partial charge < -0.3 is 14.2 Å². The average Bonchev–Trinajstić information content (AvgIpc) is 3.03. The third-order valence-corrected chi connectivity index (χ3v) is 4.13. The van der Waals surface area contributed by atoms with E-state index in [0.717, 1.165) is 18.7 Å². The molecule has 2 heterocycles. The van der Waals surface area contributed by atoms with Gasteiger partial charge in [-0.15, -0.1) is 5.10 Å². The molecule has 3 rings (SSSR count). The number of carbonyl (C=O) groups excluding carboxylic acids is 1. The number of anilines is 1. The average molecular weight is 328 g/mol. The molecule has 0 bridgehead atoms. The van der Waals surface area contributed by atoms with Crippen LogP contribution >= 0.6 is 0 Å². The molecule has 1 aliphatic heterocycles. The molecule has 1 aliphatic rings. The molecule has 2 aromatic rings. The van der Waals surface area contributed by atoms with Crippen molar-refractivity contribution in [2.45, 2.75) is 27.2 Å². The quantitative estimate of drug-likeness (QED) is 0.865. The van der Waals surface area contributed by atoms with Crippen molar-refractivity contribution in [1.29, 1.82) is 0 Å². The molecule has 1 aromatic heterocycles. The van der Waals surface area contributed by atoms with E-state index in [1.54, 1.807) is 0 Å². The molecule has 0 atom stereocenters. The van der Waals surface area contributed by atoms with Crippen LogP contribution in [0.3, 0.4) is 0 Å². The molecule has 0 saturated carbocycles. The van der Waals surface area contributed by atoms with Gasteiger partial charge in [-0.25, -0.2) is 0 Å². The molecule has 1 saturated heterocycles. The molecular weight excluding hydrogens is 304 g/mol. The number of benzene rings is 1. The minimum absolute atomic E-state index is 0.192. The molecule has 24 heavy (non-hydrogen) atoms. The summed E-state index contributed by atoms with van der Waals surface area (Å²) in [7, 11) is 0. The lowest BCUT2D eigenvalue weighted by Crippen LogP contribution is -2.51. The maximum Gasteiger partial charge on any atom is 0.318 e. The second-order valence-corrected chi connectivity index (χ2v) is 7.17. The van der Waals surface area contributed by atoms with Gasteiger partial charge in [0.25, 0.3) is 0 Å². The van der Waals surface area contributed by atoms with E-state index in [4.69, 9.17) is 4.42 Å². The SMILES string of the molecule is CC(C)(C)C(=O)N1CCN(c2nnc(Cc3ccccc3)o2)CC1. The van der Waals surface area contributed by atoms with Crippen LogP contribution in [0.1, 0.15) is 32.2 Å². The zero-order valence-electron chi connectivity index (χ0n) is 14.5. The van der Waals surface area contributed by atoms with E-state index in [0.29, 0.717) is 31.4 Å². The van der Waals surface area contributed by atoms with Gasteiger partial charge >= 0.3 is 6.01 Å². The van der Waals surface area contributed by atoms with Crippen LogP contribution in [-0.2, 0) is 11.2 Å². The highest BCUT2D eigenvalue weighted by Crippen LogP contribution is 2.21. The van der Waals surface area contributed by atoms with Crippen LogP contribution in [0.15, 0.2) is 34.7 Å². The fraction of sp³-hybridized carbons (Fsp3) is 0.500. The smallest absolute Gasteiger partial charge is 0.318 e. The van der Waals surface area contributed by atoms with Crippen molar-refractivity contribution in [2.75, 3.05) is 31.1 Å². The maximum absolute atomic E-state index is 12.3. The van der Waals surface area contributed by atoms with E-state index in [1.165, 1.54) is 0 Å². The fourth-order valence-corrected chi connectivity index (χ4v) is 2.79. The first-order chi connectivity index (χ1) is 11.4. The Hall–Kier alpha value is -2.37. The molecule has 1 fully saturated rings. The van der Waals surface area contributed by atoms with Crippen LogP contribution < -0.4 is 4.90 Å². The normalized spacial score (nSPS) is 15.6. The van der Waals surface area contributed by atoms with Crippen molar-refractivity contribution < 1.29 is 9.21 Å². The summed E-state index contributed by atoms with van der Waals surface area (Å²) in [6.45, 7) is 8.67. The number of piperazine rings is 1. The standard InChI is InChI=1S/C18H24N4O2/c1-18(2,3)16(23)21-9-11-22(12-10-21)17-20-19-15(24-17)13-14-7-5-4-6-8-14/h4-8H,9-13H2,1-3H3. The van der Waals surface area contributed by atoms with Crippen molar-refractivity contribution in [3.05, 3.63) is 41.8 Å². The monoisotopic (exact) mass is 328 g/mol. The molecule has 0 aliphatic carbocycles. The Bertz CT molecular complexity index is 683. The molecule has 0 unspecified atom stereocenters. The van der Waals surface area contributed by atoms with Gasteiger partial charge in [-0.2, -0.15) is 0 Å². The van der Waals surface area contributed by atoms with Crippen LogP contribution in [0.25, 0.3) is 0 Å². The third kappa shape index (κ3) is 3.75. The molecule has 0 N–H and O–H groups in total. The Labute approximate surface area is 142 Å². The maximum atomic E-state index is 12.3. The summed E-state index contributed by atoms with van der Waals surface area (Å²) in [4.78, 5) is 16.3. The highest BCUT2D eigenvalue weighted by Gasteiger charge is 2.30. The highest BCUT2D eigenvalue weighted by molar-refractivity contribution is 5.81. The van der Waals surface area contributed by atoms with E-state index in [9.17, 15) is 4.79 Å². The Balaban J connectivity index is 1.58. The van der Waals surface area contributed by atoms with Crippen molar-refractivity contribution in [3.8, 4) is 0 Å². The summed E-state index contributed by atoms with van der Waals surface area (Å²) in [6.07, 6.45) is 0.635. The van der Waals surface area contributed by atoms with Crippen LogP contribution in [-0.4, -0.2) is 47.2 Å². The lowest BCUT2D eigenvalue weighted by molar-refractivity contribution is -0.139. The molecule has 0 spiro atoms. The Kier molecular flexibility index (Phi) is 4.55. The van der Waals surface area contributed by atoms with E-state index < -0.39 is 0 Å². The Morgan fingerprint density at radius 3 is 2.38 bits per heavy atom. The summed E-state index contributed by atoms with van der Waals surface area (Å²) in [6, 6.07) is 10.6. The minimum atomic E-state index is -0.338. The number of hydrogen-bond donors (Lipinski definition) is 0. The number of rotatable bonds is 3. The lowest BCUT2D eigenvalue weighted by Gasteiger charge is -2.36. The highest BCUT2D eigenvalue weighted by atomic mass is 16.4.